The quantitative estimate of drug-likeness (QED) is 0.399. The summed E-state index contributed by atoms with van der Waals surface area (Å²) in [5.74, 6) is 0.211. The van der Waals surface area contributed by atoms with Crippen LogP contribution in [0.15, 0.2) is 59.5 Å². The summed E-state index contributed by atoms with van der Waals surface area (Å²) in [6.45, 7) is 4.29. The standard InChI is InChI=1S/C20H19NO3S/c1-13(2)15-6-3-7-16(11-15)25-12-24-20(23)17-10-9-14-5-4-8-18(22)19(14)21-17/h3-11,13,22H,12H2,1-2H3. The van der Waals surface area contributed by atoms with Crippen molar-refractivity contribution in [3.05, 3.63) is 65.9 Å². The first-order valence-electron chi connectivity index (χ1n) is 8.03. The van der Waals surface area contributed by atoms with E-state index in [1.54, 1.807) is 24.3 Å². The van der Waals surface area contributed by atoms with Gasteiger partial charge in [-0.15, -0.1) is 0 Å². The molecule has 4 nitrogen and oxygen atoms in total. The van der Waals surface area contributed by atoms with Crippen molar-refractivity contribution < 1.29 is 14.6 Å². The van der Waals surface area contributed by atoms with E-state index >= 15 is 0 Å². The molecular formula is C20H19NO3S. The van der Waals surface area contributed by atoms with Crippen LogP contribution >= 0.6 is 11.8 Å². The number of aromatic hydroxyl groups is 1. The van der Waals surface area contributed by atoms with Crippen molar-refractivity contribution in [1.82, 2.24) is 4.98 Å². The fourth-order valence-electron chi connectivity index (χ4n) is 2.43. The maximum Gasteiger partial charge on any atom is 0.357 e. The molecule has 1 aromatic heterocycles. The number of carbonyl (C=O) groups excluding carboxylic acids is 1. The highest BCUT2D eigenvalue weighted by molar-refractivity contribution is 7.99. The summed E-state index contributed by atoms with van der Waals surface area (Å²) in [5, 5.41) is 10.6. The molecule has 3 rings (SSSR count). The fraction of sp³-hybridized carbons (Fsp3) is 0.200. The molecule has 0 spiro atoms. The van der Waals surface area contributed by atoms with Gasteiger partial charge < -0.3 is 9.84 Å². The van der Waals surface area contributed by atoms with Gasteiger partial charge in [0, 0.05) is 10.3 Å². The number of rotatable bonds is 5. The van der Waals surface area contributed by atoms with Crippen LogP contribution in [0.5, 0.6) is 5.75 Å². The smallest absolute Gasteiger partial charge is 0.357 e. The third-order valence-electron chi connectivity index (χ3n) is 3.85. The number of ether oxygens (including phenoxy) is 1. The third kappa shape index (κ3) is 4.12. The molecule has 1 N–H and O–H groups in total. The van der Waals surface area contributed by atoms with Crippen molar-refractivity contribution in [1.29, 1.82) is 0 Å². The molecule has 3 aromatic rings. The van der Waals surface area contributed by atoms with Crippen LogP contribution in [0.4, 0.5) is 0 Å². The molecule has 0 aliphatic rings. The number of hydrogen-bond acceptors (Lipinski definition) is 5. The molecule has 0 aliphatic carbocycles. The fourth-order valence-corrected chi connectivity index (χ4v) is 3.13. The number of fused-ring (bicyclic) bond motifs is 1. The average Bonchev–Trinajstić information content (AvgIpc) is 2.62. The largest absolute Gasteiger partial charge is 0.506 e. The number of phenolic OH excluding ortho intramolecular Hbond substituents is 1. The average molecular weight is 353 g/mol. The molecule has 0 atom stereocenters. The number of benzene rings is 2. The lowest BCUT2D eigenvalue weighted by atomic mass is 10.0. The predicted octanol–water partition coefficient (Wildman–Crippen LogP) is 4.97. The molecule has 0 bridgehead atoms. The summed E-state index contributed by atoms with van der Waals surface area (Å²) in [4.78, 5) is 17.4. The van der Waals surface area contributed by atoms with Crippen molar-refractivity contribution in [3.63, 3.8) is 0 Å². The second-order valence-corrected chi connectivity index (χ2v) is 6.96. The molecule has 0 amide bonds. The molecule has 5 heteroatoms. The van der Waals surface area contributed by atoms with Crippen molar-refractivity contribution in [2.24, 2.45) is 0 Å². The normalized spacial score (nSPS) is 11.0. The van der Waals surface area contributed by atoms with Gasteiger partial charge in [0.2, 0.25) is 0 Å². The molecular weight excluding hydrogens is 334 g/mol. The minimum atomic E-state index is -0.502. The van der Waals surface area contributed by atoms with Crippen molar-refractivity contribution in [3.8, 4) is 5.75 Å². The molecule has 2 aromatic carbocycles. The zero-order valence-corrected chi connectivity index (χ0v) is 14.9. The van der Waals surface area contributed by atoms with Crippen LogP contribution in [-0.2, 0) is 4.74 Å². The summed E-state index contributed by atoms with van der Waals surface area (Å²) in [6, 6.07) is 16.7. The Balaban J connectivity index is 1.65. The van der Waals surface area contributed by atoms with Crippen molar-refractivity contribution in [2.45, 2.75) is 24.7 Å². The first-order chi connectivity index (χ1) is 12.0. The summed E-state index contributed by atoms with van der Waals surface area (Å²) in [5.41, 5.74) is 1.84. The van der Waals surface area contributed by atoms with Gasteiger partial charge in [-0.3, -0.25) is 0 Å². The number of carbonyl (C=O) groups is 1. The van der Waals surface area contributed by atoms with E-state index in [1.165, 1.54) is 17.3 Å². The molecule has 0 saturated heterocycles. The van der Waals surface area contributed by atoms with E-state index in [1.807, 2.05) is 18.2 Å². The number of hydrogen-bond donors (Lipinski definition) is 1. The monoisotopic (exact) mass is 353 g/mol. The Morgan fingerprint density at radius 1 is 1.16 bits per heavy atom. The lowest BCUT2D eigenvalue weighted by Crippen LogP contribution is -2.07. The SMILES string of the molecule is CC(C)c1cccc(SCOC(=O)c2ccc3cccc(O)c3n2)c1. The Morgan fingerprint density at radius 3 is 2.76 bits per heavy atom. The molecule has 0 saturated carbocycles. The van der Waals surface area contributed by atoms with Gasteiger partial charge in [0.15, 0.2) is 0 Å². The van der Waals surface area contributed by atoms with Crippen molar-refractivity contribution in [2.75, 3.05) is 5.94 Å². The van der Waals surface area contributed by atoms with Gasteiger partial charge in [0.05, 0.1) is 0 Å². The molecule has 1 heterocycles. The minimum absolute atomic E-state index is 0.0482. The minimum Gasteiger partial charge on any atom is -0.506 e. The Kier molecular flexibility index (Phi) is 5.24. The van der Waals surface area contributed by atoms with Gasteiger partial charge in [-0.2, -0.15) is 0 Å². The van der Waals surface area contributed by atoms with Gasteiger partial charge >= 0.3 is 5.97 Å². The van der Waals surface area contributed by atoms with Crippen LogP contribution in [0, 0.1) is 0 Å². The molecule has 128 valence electrons. The lowest BCUT2D eigenvalue weighted by molar-refractivity contribution is 0.0573. The van der Waals surface area contributed by atoms with Crippen molar-refractivity contribution >= 4 is 28.6 Å². The van der Waals surface area contributed by atoms with Crippen LogP contribution in [0.3, 0.4) is 0 Å². The van der Waals surface area contributed by atoms with E-state index in [0.717, 1.165) is 10.3 Å². The molecule has 0 fully saturated rings. The van der Waals surface area contributed by atoms with E-state index in [-0.39, 0.29) is 17.4 Å². The highest BCUT2D eigenvalue weighted by Gasteiger charge is 2.11. The first-order valence-corrected chi connectivity index (χ1v) is 9.02. The first kappa shape index (κ1) is 17.3. The Hall–Kier alpha value is -2.53. The zero-order valence-electron chi connectivity index (χ0n) is 14.1. The van der Waals surface area contributed by atoms with E-state index in [0.29, 0.717) is 11.4 Å². The molecule has 0 aliphatic heterocycles. The van der Waals surface area contributed by atoms with Crippen LogP contribution in [-0.4, -0.2) is 22.0 Å². The van der Waals surface area contributed by atoms with Gasteiger partial charge in [-0.1, -0.05) is 55.9 Å². The maximum absolute atomic E-state index is 12.2. The third-order valence-corrected chi connectivity index (χ3v) is 4.67. The molecule has 0 radical (unpaired) electrons. The highest BCUT2D eigenvalue weighted by Crippen LogP contribution is 2.25. The highest BCUT2D eigenvalue weighted by atomic mass is 32.2. The maximum atomic E-state index is 12.2. The number of esters is 1. The molecule has 0 unspecified atom stereocenters. The summed E-state index contributed by atoms with van der Waals surface area (Å²) < 4.78 is 5.30. The van der Waals surface area contributed by atoms with Crippen LogP contribution in [0.25, 0.3) is 10.9 Å². The van der Waals surface area contributed by atoms with Gasteiger partial charge in [-0.05, 0) is 35.7 Å². The van der Waals surface area contributed by atoms with E-state index in [2.05, 4.69) is 31.0 Å². The van der Waals surface area contributed by atoms with E-state index in [9.17, 15) is 9.90 Å². The number of thioether (sulfide) groups is 1. The van der Waals surface area contributed by atoms with Gasteiger partial charge in [0.25, 0.3) is 0 Å². The van der Waals surface area contributed by atoms with E-state index in [4.69, 9.17) is 4.74 Å². The summed E-state index contributed by atoms with van der Waals surface area (Å²) in [7, 11) is 0. The van der Waals surface area contributed by atoms with Gasteiger partial charge in [0.1, 0.15) is 22.9 Å². The number of para-hydroxylation sites is 1. The Morgan fingerprint density at radius 2 is 1.96 bits per heavy atom. The van der Waals surface area contributed by atoms with Crippen LogP contribution < -0.4 is 0 Å². The van der Waals surface area contributed by atoms with Crippen LogP contribution in [0.2, 0.25) is 0 Å². The number of aromatic nitrogens is 1. The zero-order chi connectivity index (χ0) is 17.8. The summed E-state index contributed by atoms with van der Waals surface area (Å²) in [6.07, 6.45) is 0. The second-order valence-electron chi connectivity index (χ2n) is 5.97. The predicted molar refractivity (Wildman–Crippen MR) is 100 cm³/mol. The van der Waals surface area contributed by atoms with Gasteiger partial charge in [-0.25, -0.2) is 9.78 Å². The Labute approximate surface area is 150 Å². The topological polar surface area (TPSA) is 59.4 Å². The number of phenols is 1. The number of nitrogens with zero attached hydrogens (tertiary/aromatic N) is 1. The number of pyridine rings is 1. The van der Waals surface area contributed by atoms with E-state index < -0.39 is 5.97 Å². The molecule has 25 heavy (non-hydrogen) atoms. The lowest BCUT2D eigenvalue weighted by Gasteiger charge is -2.08. The summed E-state index contributed by atoms with van der Waals surface area (Å²) >= 11 is 1.46. The van der Waals surface area contributed by atoms with Crippen LogP contribution in [0.1, 0.15) is 35.8 Å². The Bertz CT molecular complexity index is 908. The second kappa shape index (κ2) is 7.57.